The molecule has 0 amide bonds. The fourth-order valence-corrected chi connectivity index (χ4v) is 2.03. The Labute approximate surface area is 82.0 Å². The Balaban J connectivity index is 2.66. The molecular weight excluding hydrogens is 194 g/mol. The number of hydrogen-bond donors (Lipinski definition) is 2. The van der Waals surface area contributed by atoms with Crippen LogP contribution in [0.15, 0.2) is 0 Å². The van der Waals surface area contributed by atoms with Gasteiger partial charge in [-0.25, -0.2) is 0 Å². The van der Waals surface area contributed by atoms with Crippen molar-refractivity contribution in [3.63, 3.8) is 0 Å². The largest absolute Gasteiger partial charge is 0.469 e. The van der Waals surface area contributed by atoms with Crippen molar-refractivity contribution in [3.8, 4) is 0 Å². The highest BCUT2D eigenvalue weighted by molar-refractivity contribution is 6.20. The second kappa shape index (κ2) is 4.26. The Morgan fingerprint density at radius 1 is 1.62 bits per heavy atom. The quantitative estimate of drug-likeness (QED) is 0.464. The number of nitrogens with two attached hydrogens (primary N) is 1. The van der Waals surface area contributed by atoms with Crippen molar-refractivity contribution in [1.82, 2.24) is 0 Å². The van der Waals surface area contributed by atoms with E-state index in [-0.39, 0.29) is 5.38 Å². The average Bonchev–Trinajstić information content (AvgIpc) is 2.10. The highest BCUT2D eigenvalue weighted by atomic mass is 35.5. The summed E-state index contributed by atoms with van der Waals surface area (Å²) in [5, 5.41) is 9.42. The number of ether oxygens (including phenoxy) is 1. The van der Waals surface area contributed by atoms with Crippen molar-refractivity contribution >= 4 is 17.6 Å². The lowest BCUT2D eigenvalue weighted by atomic mass is 9.83. The van der Waals surface area contributed by atoms with E-state index in [1.807, 2.05) is 0 Å². The summed E-state index contributed by atoms with van der Waals surface area (Å²) in [6.45, 7) is 0. The predicted molar refractivity (Wildman–Crippen MR) is 48.4 cm³/mol. The number of methoxy groups -OCH3 is 1. The number of carbonyl (C=O) groups excluding carboxylic acids is 1. The molecule has 1 fully saturated rings. The molecule has 4 atom stereocenters. The summed E-state index contributed by atoms with van der Waals surface area (Å²) in [7, 11) is 1.29. The van der Waals surface area contributed by atoms with Crippen LogP contribution in [0.5, 0.6) is 0 Å². The average molecular weight is 208 g/mol. The van der Waals surface area contributed by atoms with E-state index in [1.54, 1.807) is 0 Å². The molecule has 1 aliphatic carbocycles. The Kier molecular flexibility index (Phi) is 3.53. The zero-order valence-electron chi connectivity index (χ0n) is 7.44. The topological polar surface area (TPSA) is 72.5 Å². The van der Waals surface area contributed by atoms with E-state index >= 15 is 0 Å². The molecule has 4 unspecified atom stereocenters. The second-order valence-electron chi connectivity index (χ2n) is 3.35. The summed E-state index contributed by atoms with van der Waals surface area (Å²) in [6.07, 6.45) is 0.140. The van der Waals surface area contributed by atoms with E-state index in [0.29, 0.717) is 12.8 Å². The fourth-order valence-electron chi connectivity index (χ4n) is 1.63. The van der Waals surface area contributed by atoms with Crippen LogP contribution in [0.25, 0.3) is 0 Å². The second-order valence-corrected chi connectivity index (χ2v) is 3.97. The van der Waals surface area contributed by atoms with Gasteiger partial charge in [0.05, 0.1) is 19.1 Å². The Bertz CT molecular complexity index is 200. The standard InChI is InChI=1S/C8H14ClNO3/c1-13-8(12)5-2-4(9)3-6(10)7(5)11/h4-7,11H,2-3,10H2,1H3. The van der Waals surface area contributed by atoms with Crippen molar-refractivity contribution in [2.24, 2.45) is 11.7 Å². The first kappa shape index (κ1) is 10.8. The molecule has 0 bridgehead atoms. The van der Waals surface area contributed by atoms with Gasteiger partial charge in [-0.05, 0) is 12.8 Å². The number of aliphatic hydroxyl groups excluding tert-OH is 1. The molecule has 0 spiro atoms. The number of aliphatic hydroxyl groups is 1. The molecule has 0 aromatic carbocycles. The molecule has 3 N–H and O–H groups in total. The zero-order valence-corrected chi connectivity index (χ0v) is 8.20. The third kappa shape index (κ3) is 2.33. The molecule has 76 valence electrons. The van der Waals surface area contributed by atoms with E-state index in [4.69, 9.17) is 17.3 Å². The molecule has 1 rings (SSSR count). The van der Waals surface area contributed by atoms with Gasteiger partial charge in [0.2, 0.25) is 0 Å². The van der Waals surface area contributed by atoms with Crippen LogP contribution in [0, 0.1) is 5.92 Å². The molecule has 4 nitrogen and oxygen atoms in total. The van der Waals surface area contributed by atoms with Crippen molar-refractivity contribution < 1.29 is 14.6 Å². The van der Waals surface area contributed by atoms with Gasteiger partial charge < -0.3 is 15.6 Å². The maximum absolute atomic E-state index is 11.2. The Hall–Kier alpha value is -0.320. The molecule has 0 radical (unpaired) electrons. The molecule has 0 aromatic rings. The minimum atomic E-state index is -0.831. The maximum atomic E-state index is 11.2. The van der Waals surface area contributed by atoms with Crippen LogP contribution in [-0.2, 0) is 9.53 Å². The molecule has 1 saturated carbocycles. The van der Waals surface area contributed by atoms with Crippen molar-refractivity contribution in [2.75, 3.05) is 7.11 Å². The van der Waals surface area contributed by atoms with Gasteiger partial charge in [0.1, 0.15) is 0 Å². The molecular formula is C8H14ClNO3. The SMILES string of the molecule is COC(=O)C1CC(Cl)CC(N)C1O. The molecule has 0 saturated heterocycles. The summed E-state index contributed by atoms with van der Waals surface area (Å²) >= 11 is 5.87. The minimum absolute atomic E-state index is 0.150. The van der Waals surface area contributed by atoms with E-state index in [9.17, 15) is 9.90 Å². The molecule has 13 heavy (non-hydrogen) atoms. The van der Waals surface area contributed by atoms with Gasteiger partial charge in [-0.2, -0.15) is 0 Å². The van der Waals surface area contributed by atoms with Crippen molar-refractivity contribution in [2.45, 2.75) is 30.4 Å². The summed E-state index contributed by atoms with van der Waals surface area (Å²) in [5.74, 6) is -1.01. The Morgan fingerprint density at radius 2 is 2.23 bits per heavy atom. The summed E-state index contributed by atoms with van der Waals surface area (Å²) in [6, 6.07) is -0.430. The van der Waals surface area contributed by atoms with Gasteiger partial charge in [0.15, 0.2) is 0 Å². The maximum Gasteiger partial charge on any atom is 0.311 e. The number of carbonyl (C=O) groups is 1. The predicted octanol–water partition coefficient (Wildman–Crippen LogP) is -0.135. The summed E-state index contributed by atoms with van der Waals surface area (Å²) in [4.78, 5) is 11.2. The smallest absolute Gasteiger partial charge is 0.311 e. The van der Waals surface area contributed by atoms with Gasteiger partial charge in [0, 0.05) is 11.4 Å². The van der Waals surface area contributed by atoms with Crippen LogP contribution < -0.4 is 5.73 Å². The van der Waals surface area contributed by atoms with Gasteiger partial charge in [-0.15, -0.1) is 11.6 Å². The van der Waals surface area contributed by atoms with Crippen LogP contribution >= 0.6 is 11.6 Å². The van der Waals surface area contributed by atoms with Crippen molar-refractivity contribution in [1.29, 1.82) is 0 Å². The van der Waals surface area contributed by atoms with E-state index in [1.165, 1.54) is 7.11 Å². The lowest BCUT2D eigenvalue weighted by molar-refractivity contribution is -0.151. The first-order valence-electron chi connectivity index (χ1n) is 4.21. The van der Waals surface area contributed by atoms with Crippen LogP contribution in [0.4, 0.5) is 0 Å². The molecule has 0 aromatic heterocycles. The first-order valence-corrected chi connectivity index (χ1v) is 4.65. The monoisotopic (exact) mass is 207 g/mol. The number of hydrogen-bond acceptors (Lipinski definition) is 4. The minimum Gasteiger partial charge on any atom is -0.469 e. The number of rotatable bonds is 1. The Morgan fingerprint density at radius 3 is 2.77 bits per heavy atom. The van der Waals surface area contributed by atoms with E-state index < -0.39 is 24.0 Å². The lowest BCUT2D eigenvalue weighted by Gasteiger charge is -2.33. The third-order valence-corrected chi connectivity index (χ3v) is 2.75. The van der Waals surface area contributed by atoms with Gasteiger partial charge in [0.25, 0.3) is 0 Å². The van der Waals surface area contributed by atoms with Gasteiger partial charge in [-0.1, -0.05) is 0 Å². The van der Waals surface area contributed by atoms with Gasteiger partial charge in [-0.3, -0.25) is 4.79 Å². The highest BCUT2D eigenvalue weighted by Gasteiger charge is 2.38. The van der Waals surface area contributed by atoms with Crippen LogP contribution in [0.1, 0.15) is 12.8 Å². The molecule has 0 aliphatic heterocycles. The normalized spacial score (nSPS) is 40.0. The lowest BCUT2D eigenvalue weighted by Crippen LogP contribution is -2.49. The molecule has 0 heterocycles. The van der Waals surface area contributed by atoms with Crippen LogP contribution in [0.2, 0.25) is 0 Å². The summed E-state index contributed by atoms with van der Waals surface area (Å²) < 4.78 is 4.54. The summed E-state index contributed by atoms with van der Waals surface area (Å²) in [5.41, 5.74) is 5.61. The molecule has 1 aliphatic rings. The molecule has 5 heteroatoms. The fraction of sp³-hybridized carbons (Fsp3) is 0.875. The van der Waals surface area contributed by atoms with Gasteiger partial charge >= 0.3 is 5.97 Å². The number of esters is 1. The first-order chi connectivity index (χ1) is 6.06. The zero-order chi connectivity index (χ0) is 10.0. The van der Waals surface area contributed by atoms with Crippen molar-refractivity contribution in [3.05, 3.63) is 0 Å². The third-order valence-electron chi connectivity index (χ3n) is 2.39. The van der Waals surface area contributed by atoms with Crippen LogP contribution in [0.3, 0.4) is 0 Å². The van der Waals surface area contributed by atoms with E-state index in [0.717, 1.165) is 0 Å². The highest BCUT2D eigenvalue weighted by Crippen LogP contribution is 2.28. The van der Waals surface area contributed by atoms with E-state index in [2.05, 4.69) is 4.74 Å². The number of halogens is 1. The number of alkyl halides is 1. The van der Waals surface area contributed by atoms with Crippen LogP contribution in [-0.4, -0.2) is 35.7 Å².